The van der Waals surface area contributed by atoms with Gasteiger partial charge in [0.15, 0.2) is 0 Å². The van der Waals surface area contributed by atoms with Crippen LogP contribution in [0.1, 0.15) is 5.56 Å². The Kier molecular flexibility index (Phi) is 6.17. The molecule has 2 rings (SSSR count). The number of amides is 1. The van der Waals surface area contributed by atoms with Gasteiger partial charge in [-0.25, -0.2) is 0 Å². The van der Waals surface area contributed by atoms with E-state index in [2.05, 4.69) is 5.32 Å². The Hall–Kier alpha value is -3.08. The van der Waals surface area contributed by atoms with E-state index in [0.29, 0.717) is 10.6 Å². The molecule has 0 bridgehead atoms. The van der Waals surface area contributed by atoms with Gasteiger partial charge < -0.3 is 10.1 Å². The van der Waals surface area contributed by atoms with Gasteiger partial charge in [-0.1, -0.05) is 29.3 Å². The highest BCUT2D eigenvalue weighted by Crippen LogP contribution is 2.29. The highest BCUT2D eigenvalue weighted by Gasteiger charge is 2.19. The number of halogens is 2. The smallest absolute Gasteiger partial charge is 0.296 e. The minimum Gasteiger partial charge on any atom is -0.496 e. The molecule has 0 atom stereocenters. The van der Waals surface area contributed by atoms with E-state index in [1.54, 1.807) is 12.1 Å². The molecule has 1 amide bonds. The highest BCUT2D eigenvalue weighted by molar-refractivity contribution is 6.42. The van der Waals surface area contributed by atoms with Crippen molar-refractivity contribution in [2.24, 2.45) is 0 Å². The summed E-state index contributed by atoms with van der Waals surface area (Å²) in [4.78, 5) is 22.8. The van der Waals surface area contributed by atoms with Gasteiger partial charge in [0.2, 0.25) is 0 Å². The number of rotatable bonds is 5. The van der Waals surface area contributed by atoms with Crippen LogP contribution >= 0.6 is 23.2 Å². The maximum Gasteiger partial charge on any atom is 0.296 e. The summed E-state index contributed by atoms with van der Waals surface area (Å²) in [6.45, 7) is 0. The van der Waals surface area contributed by atoms with Crippen LogP contribution in [0.3, 0.4) is 0 Å². The van der Waals surface area contributed by atoms with E-state index in [-0.39, 0.29) is 27.7 Å². The number of methoxy groups -OCH3 is 1. The molecule has 132 valence electrons. The Morgan fingerprint density at radius 3 is 2.58 bits per heavy atom. The van der Waals surface area contributed by atoms with Gasteiger partial charge in [0.1, 0.15) is 23.1 Å². The molecular formula is C17H11Cl2N3O4. The lowest BCUT2D eigenvalue weighted by atomic mass is 10.1. The van der Waals surface area contributed by atoms with Crippen LogP contribution in [0.2, 0.25) is 10.0 Å². The standard InChI is InChI=1S/C17H11Cl2N3O4/c1-26-12-3-5-15(16(8-12)22(24)25)21-17(23)11(9-20)6-10-2-4-13(18)14(19)7-10/h2-8H,1H3,(H,21,23)/b11-6+. The third kappa shape index (κ3) is 4.51. The fourth-order valence-corrected chi connectivity index (χ4v) is 2.31. The molecule has 0 aliphatic carbocycles. The summed E-state index contributed by atoms with van der Waals surface area (Å²) in [5.74, 6) is -0.534. The molecule has 2 aromatic carbocycles. The number of anilines is 1. The molecule has 0 radical (unpaired) electrons. The Balaban J connectivity index is 2.33. The van der Waals surface area contributed by atoms with Crippen LogP contribution in [0, 0.1) is 21.4 Å². The van der Waals surface area contributed by atoms with Crippen LogP contribution in [0.5, 0.6) is 5.75 Å². The first-order valence-electron chi connectivity index (χ1n) is 7.06. The second-order valence-electron chi connectivity index (χ2n) is 4.94. The normalized spacial score (nSPS) is 10.8. The number of nitro groups is 1. The van der Waals surface area contributed by atoms with Crippen molar-refractivity contribution in [3.05, 3.63) is 67.7 Å². The average molecular weight is 392 g/mol. The number of carbonyl (C=O) groups is 1. The third-order valence-corrected chi connectivity index (χ3v) is 4.01. The van der Waals surface area contributed by atoms with E-state index < -0.39 is 10.8 Å². The van der Waals surface area contributed by atoms with Crippen LogP contribution in [-0.4, -0.2) is 17.9 Å². The Bertz CT molecular complexity index is 952. The first-order chi connectivity index (χ1) is 12.3. The lowest BCUT2D eigenvalue weighted by Gasteiger charge is -2.07. The third-order valence-electron chi connectivity index (χ3n) is 3.27. The number of nitrogens with one attached hydrogen (secondary N) is 1. The number of nitrogens with zero attached hydrogens (tertiary/aromatic N) is 2. The summed E-state index contributed by atoms with van der Waals surface area (Å²) in [5, 5.41) is 23.3. The summed E-state index contributed by atoms with van der Waals surface area (Å²) < 4.78 is 4.93. The van der Waals surface area contributed by atoms with Crippen LogP contribution in [-0.2, 0) is 4.79 Å². The summed E-state index contributed by atoms with van der Waals surface area (Å²) in [7, 11) is 1.37. The van der Waals surface area contributed by atoms with E-state index in [0.717, 1.165) is 0 Å². The molecule has 1 N–H and O–H groups in total. The molecule has 0 aromatic heterocycles. The number of hydrogen-bond donors (Lipinski definition) is 1. The first kappa shape index (κ1) is 19.2. The predicted octanol–water partition coefficient (Wildman–Crippen LogP) is 4.46. The van der Waals surface area contributed by atoms with Crippen LogP contribution in [0.4, 0.5) is 11.4 Å². The van der Waals surface area contributed by atoms with Gasteiger partial charge >= 0.3 is 0 Å². The van der Waals surface area contributed by atoms with E-state index in [9.17, 15) is 20.2 Å². The molecular weight excluding hydrogens is 381 g/mol. The largest absolute Gasteiger partial charge is 0.496 e. The average Bonchev–Trinajstić information content (AvgIpc) is 2.62. The van der Waals surface area contributed by atoms with Gasteiger partial charge in [-0.3, -0.25) is 14.9 Å². The summed E-state index contributed by atoms with van der Waals surface area (Å²) in [6, 6.07) is 10.3. The maximum absolute atomic E-state index is 12.3. The summed E-state index contributed by atoms with van der Waals surface area (Å²) in [6.07, 6.45) is 1.30. The zero-order valence-corrected chi connectivity index (χ0v) is 14.8. The van der Waals surface area contributed by atoms with Gasteiger partial charge in [0.05, 0.1) is 28.1 Å². The van der Waals surface area contributed by atoms with E-state index in [4.69, 9.17) is 27.9 Å². The minimum atomic E-state index is -0.799. The van der Waals surface area contributed by atoms with Crippen molar-refractivity contribution in [3.63, 3.8) is 0 Å². The topological polar surface area (TPSA) is 105 Å². The number of ether oxygens (including phenoxy) is 1. The van der Waals surface area contributed by atoms with Crippen LogP contribution in [0.15, 0.2) is 42.0 Å². The monoisotopic (exact) mass is 391 g/mol. The molecule has 9 heteroatoms. The van der Waals surface area contributed by atoms with Crippen molar-refractivity contribution in [2.75, 3.05) is 12.4 Å². The van der Waals surface area contributed by atoms with Gasteiger partial charge in [-0.05, 0) is 35.9 Å². The number of carbonyl (C=O) groups excluding carboxylic acids is 1. The molecule has 0 saturated heterocycles. The molecule has 0 saturated carbocycles. The number of nitriles is 1. The zero-order valence-electron chi connectivity index (χ0n) is 13.3. The fourth-order valence-electron chi connectivity index (χ4n) is 2.00. The predicted molar refractivity (Wildman–Crippen MR) is 98.3 cm³/mol. The van der Waals surface area contributed by atoms with Gasteiger partial charge in [-0.2, -0.15) is 5.26 Å². The molecule has 7 nitrogen and oxygen atoms in total. The van der Waals surface area contributed by atoms with Gasteiger partial charge in [0, 0.05) is 0 Å². The second kappa shape index (κ2) is 8.34. The zero-order chi connectivity index (χ0) is 19.3. The SMILES string of the molecule is COc1ccc(NC(=O)/C(C#N)=C/c2ccc(Cl)c(Cl)c2)c([N+](=O)[O-])c1. The molecule has 0 heterocycles. The van der Waals surface area contributed by atoms with Crippen molar-refractivity contribution < 1.29 is 14.5 Å². The van der Waals surface area contributed by atoms with E-state index in [1.807, 2.05) is 0 Å². The summed E-state index contributed by atoms with van der Waals surface area (Å²) >= 11 is 11.7. The number of nitro benzene ring substituents is 1. The van der Waals surface area contributed by atoms with Crippen molar-refractivity contribution in [3.8, 4) is 11.8 Å². The second-order valence-corrected chi connectivity index (χ2v) is 5.75. The van der Waals surface area contributed by atoms with Crippen molar-refractivity contribution >= 4 is 46.6 Å². The number of hydrogen-bond acceptors (Lipinski definition) is 5. The molecule has 0 aliphatic rings. The van der Waals surface area contributed by atoms with Crippen LogP contribution in [0.25, 0.3) is 6.08 Å². The van der Waals surface area contributed by atoms with Crippen molar-refractivity contribution in [1.82, 2.24) is 0 Å². The highest BCUT2D eigenvalue weighted by atomic mass is 35.5. The lowest BCUT2D eigenvalue weighted by molar-refractivity contribution is -0.384. The quantitative estimate of drug-likeness (QED) is 0.350. The fraction of sp³-hybridized carbons (Fsp3) is 0.0588. The first-order valence-corrected chi connectivity index (χ1v) is 7.82. The molecule has 0 unspecified atom stereocenters. The molecule has 0 fully saturated rings. The van der Waals surface area contributed by atoms with Crippen molar-refractivity contribution in [1.29, 1.82) is 5.26 Å². The molecule has 2 aromatic rings. The van der Waals surface area contributed by atoms with Crippen LogP contribution < -0.4 is 10.1 Å². The van der Waals surface area contributed by atoms with Crippen molar-refractivity contribution in [2.45, 2.75) is 0 Å². The van der Waals surface area contributed by atoms with Gasteiger partial charge in [-0.15, -0.1) is 0 Å². The van der Waals surface area contributed by atoms with E-state index >= 15 is 0 Å². The lowest BCUT2D eigenvalue weighted by Crippen LogP contribution is -2.14. The molecule has 0 spiro atoms. The van der Waals surface area contributed by atoms with Gasteiger partial charge in [0.25, 0.3) is 11.6 Å². The van der Waals surface area contributed by atoms with E-state index in [1.165, 1.54) is 43.5 Å². The minimum absolute atomic E-state index is 0.0592. The Labute approximate surface area is 158 Å². The number of benzene rings is 2. The molecule has 0 aliphatic heterocycles. The Morgan fingerprint density at radius 2 is 2.00 bits per heavy atom. The summed E-state index contributed by atoms with van der Waals surface area (Å²) in [5.41, 5.74) is -0.190. The molecule has 26 heavy (non-hydrogen) atoms. The maximum atomic E-state index is 12.3. The Morgan fingerprint density at radius 1 is 1.27 bits per heavy atom.